The molecule has 6 heteroatoms. The summed E-state index contributed by atoms with van der Waals surface area (Å²) in [6, 6.07) is 10.3. The highest BCUT2D eigenvalue weighted by molar-refractivity contribution is 7.09. The van der Waals surface area contributed by atoms with Gasteiger partial charge in [0, 0.05) is 31.7 Å². The summed E-state index contributed by atoms with van der Waals surface area (Å²) in [6.07, 6.45) is 2.68. The fourth-order valence-corrected chi connectivity index (χ4v) is 3.71. The summed E-state index contributed by atoms with van der Waals surface area (Å²) in [7, 11) is 3.97. The summed E-state index contributed by atoms with van der Waals surface area (Å²) in [5.74, 6) is 0.889. The summed E-state index contributed by atoms with van der Waals surface area (Å²) in [5, 5.41) is 11.4. The van der Waals surface area contributed by atoms with Crippen LogP contribution in [-0.2, 0) is 6.54 Å². The van der Waals surface area contributed by atoms with Gasteiger partial charge in [-0.15, -0.1) is 0 Å². The normalized spacial score (nSPS) is 19.9. The van der Waals surface area contributed by atoms with Gasteiger partial charge in [0.25, 0.3) is 0 Å². The Hall–Kier alpha value is -1.50. The Morgan fingerprint density at radius 3 is 2.83 bits per heavy atom. The van der Waals surface area contributed by atoms with Crippen LogP contribution in [0.3, 0.4) is 0 Å². The van der Waals surface area contributed by atoms with Crippen molar-refractivity contribution in [1.29, 1.82) is 0 Å². The second kappa shape index (κ2) is 7.38. The summed E-state index contributed by atoms with van der Waals surface area (Å²) >= 11 is 1.44. The Labute approximate surface area is 141 Å². The molecular weight excluding hydrogens is 308 g/mol. The molecule has 1 aliphatic rings. The van der Waals surface area contributed by atoms with Crippen molar-refractivity contribution in [3.63, 3.8) is 0 Å². The first-order valence-electron chi connectivity index (χ1n) is 8.10. The highest BCUT2D eigenvalue weighted by Gasteiger charge is 2.28. The van der Waals surface area contributed by atoms with Gasteiger partial charge in [-0.2, -0.15) is 4.37 Å². The van der Waals surface area contributed by atoms with Crippen molar-refractivity contribution >= 4 is 16.7 Å². The molecule has 1 aliphatic heterocycles. The van der Waals surface area contributed by atoms with Crippen LogP contribution in [0.25, 0.3) is 0 Å². The predicted molar refractivity (Wildman–Crippen MR) is 93.7 cm³/mol. The molecule has 1 aromatic heterocycles. The van der Waals surface area contributed by atoms with Gasteiger partial charge in [-0.25, -0.2) is 4.98 Å². The first kappa shape index (κ1) is 16.4. The van der Waals surface area contributed by atoms with Gasteiger partial charge in [-0.1, -0.05) is 30.3 Å². The average Bonchev–Trinajstić information content (AvgIpc) is 3.19. The molecule has 1 saturated heterocycles. The fourth-order valence-electron chi connectivity index (χ4n) is 3.11. The van der Waals surface area contributed by atoms with E-state index in [9.17, 15) is 5.11 Å². The Morgan fingerprint density at radius 1 is 1.35 bits per heavy atom. The second-order valence-electron chi connectivity index (χ2n) is 6.32. The number of likely N-dealkylation sites (tertiary alicyclic amines) is 1. The van der Waals surface area contributed by atoms with E-state index in [0.29, 0.717) is 6.04 Å². The zero-order valence-corrected chi connectivity index (χ0v) is 14.5. The van der Waals surface area contributed by atoms with Crippen LogP contribution in [0, 0.1) is 0 Å². The zero-order valence-electron chi connectivity index (χ0n) is 13.7. The van der Waals surface area contributed by atoms with Gasteiger partial charge in [0.1, 0.15) is 0 Å². The maximum Gasteiger partial charge on any atom is 0.204 e. The number of benzene rings is 1. The first-order chi connectivity index (χ1) is 11.1. The van der Waals surface area contributed by atoms with Gasteiger partial charge >= 0.3 is 0 Å². The van der Waals surface area contributed by atoms with Gasteiger partial charge in [0.15, 0.2) is 5.82 Å². The van der Waals surface area contributed by atoms with Crippen LogP contribution < -0.4 is 4.90 Å². The lowest BCUT2D eigenvalue weighted by Gasteiger charge is -2.25. The van der Waals surface area contributed by atoms with E-state index in [0.717, 1.165) is 42.5 Å². The van der Waals surface area contributed by atoms with Gasteiger partial charge in [-0.3, -0.25) is 4.90 Å². The quantitative estimate of drug-likeness (QED) is 0.881. The topological polar surface area (TPSA) is 52.5 Å². The molecule has 2 aromatic rings. The van der Waals surface area contributed by atoms with Gasteiger partial charge < -0.3 is 10.0 Å². The molecule has 0 bridgehead atoms. The molecular formula is C17H24N4OS. The lowest BCUT2D eigenvalue weighted by Crippen LogP contribution is -2.30. The minimum Gasteiger partial charge on any atom is -0.388 e. The van der Waals surface area contributed by atoms with E-state index in [1.54, 1.807) is 0 Å². The molecule has 0 amide bonds. The van der Waals surface area contributed by atoms with Crippen molar-refractivity contribution in [3.8, 4) is 0 Å². The largest absolute Gasteiger partial charge is 0.388 e. The number of aliphatic hydroxyl groups excluding tert-OH is 1. The molecule has 2 heterocycles. The predicted octanol–water partition coefficient (Wildman–Crippen LogP) is 2.69. The highest BCUT2D eigenvalue weighted by atomic mass is 32.1. The summed E-state index contributed by atoms with van der Waals surface area (Å²) in [6.45, 7) is 1.83. The number of aliphatic hydroxyl groups is 1. The number of nitrogens with zero attached hydrogens (tertiary/aromatic N) is 4. The van der Waals surface area contributed by atoms with E-state index in [2.05, 4.69) is 14.3 Å². The third-order valence-electron chi connectivity index (χ3n) is 4.36. The van der Waals surface area contributed by atoms with E-state index in [-0.39, 0.29) is 0 Å². The Bertz CT molecular complexity index is 616. The van der Waals surface area contributed by atoms with E-state index >= 15 is 0 Å². The molecule has 3 rings (SSSR count). The highest BCUT2D eigenvalue weighted by Crippen LogP contribution is 2.28. The number of anilines is 1. The van der Waals surface area contributed by atoms with Crippen molar-refractivity contribution < 1.29 is 5.11 Å². The monoisotopic (exact) mass is 332 g/mol. The third-order valence-corrected chi connectivity index (χ3v) is 5.28. The zero-order chi connectivity index (χ0) is 16.2. The van der Waals surface area contributed by atoms with E-state index in [1.165, 1.54) is 18.0 Å². The first-order valence-corrected chi connectivity index (χ1v) is 8.88. The SMILES string of the molecule is CN(C)c1nc(CN2CCCC2CC(O)c2ccccc2)ns1. The molecule has 5 nitrogen and oxygen atoms in total. The van der Waals surface area contributed by atoms with Crippen LogP contribution in [0.15, 0.2) is 30.3 Å². The molecule has 0 radical (unpaired) electrons. The van der Waals surface area contributed by atoms with E-state index < -0.39 is 6.10 Å². The summed E-state index contributed by atoms with van der Waals surface area (Å²) < 4.78 is 4.46. The molecule has 2 unspecified atom stereocenters. The second-order valence-corrected chi connectivity index (χ2v) is 7.05. The van der Waals surface area contributed by atoms with Crippen molar-refractivity contribution in [1.82, 2.24) is 14.3 Å². The Morgan fingerprint density at radius 2 is 2.13 bits per heavy atom. The number of hydrogen-bond acceptors (Lipinski definition) is 6. The fraction of sp³-hybridized carbons (Fsp3) is 0.529. The number of rotatable bonds is 6. The maximum atomic E-state index is 10.5. The van der Waals surface area contributed by atoms with E-state index in [4.69, 9.17) is 0 Å². The smallest absolute Gasteiger partial charge is 0.204 e. The summed E-state index contributed by atoms with van der Waals surface area (Å²) in [5.41, 5.74) is 1.00. The number of hydrogen-bond donors (Lipinski definition) is 1. The maximum absolute atomic E-state index is 10.5. The van der Waals surface area contributed by atoms with Crippen LogP contribution in [0.5, 0.6) is 0 Å². The Kier molecular flexibility index (Phi) is 5.25. The molecule has 0 saturated carbocycles. The molecule has 1 fully saturated rings. The van der Waals surface area contributed by atoms with Gasteiger partial charge in [-0.05, 0) is 31.4 Å². The van der Waals surface area contributed by atoms with E-state index in [1.807, 2.05) is 49.3 Å². The third kappa shape index (κ3) is 4.07. The van der Waals surface area contributed by atoms with Gasteiger partial charge in [0.2, 0.25) is 5.13 Å². The molecule has 124 valence electrons. The van der Waals surface area contributed by atoms with Crippen molar-refractivity contribution in [2.24, 2.45) is 0 Å². The van der Waals surface area contributed by atoms with Crippen LogP contribution in [-0.4, -0.2) is 46.0 Å². The molecule has 2 atom stereocenters. The standard InChI is InChI=1S/C17H24N4OS/c1-20(2)17-18-16(19-23-17)12-21-10-6-9-14(21)11-15(22)13-7-4-3-5-8-13/h3-5,7-8,14-15,22H,6,9-12H2,1-2H3. The molecule has 1 aromatic carbocycles. The van der Waals surface area contributed by atoms with Crippen LogP contribution in [0.1, 0.15) is 36.8 Å². The van der Waals surface area contributed by atoms with Crippen LogP contribution >= 0.6 is 11.5 Å². The summed E-state index contributed by atoms with van der Waals surface area (Å²) in [4.78, 5) is 8.97. The minimum absolute atomic E-state index is 0.400. The molecule has 0 spiro atoms. The molecule has 1 N–H and O–H groups in total. The molecule has 23 heavy (non-hydrogen) atoms. The number of aromatic nitrogens is 2. The lowest BCUT2D eigenvalue weighted by molar-refractivity contribution is 0.117. The van der Waals surface area contributed by atoms with Crippen molar-refractivity contribution in [2.45, 2.75) is 38.0 Å². The molecule has 0 aliphatic carbocycles. The Balaban J connectivity index is 1.61. The average molecular weight is 332 g/mol. The minimum atomic E-state index is -0.400. The van der Waals surface area contributed by atoms with Crippen LogP contribution in [0.4, 0.5) is 5.13 Å². The lowest BCUT2D eigenvalue weighted by atomic mass is 10.0. The van der Waals surface area contributed by atoms with Crippen LogP contribution in [0.2, 0.25) is 0 Å². The van der Waals surface area contributed by atoms with Gasteiger partial charge in [0.05, 0.1) is 12.6 Å². The van der Waals surface area contributed by atoms with Crippen molar-refractivity contribution in [3.05, 3.63) is 41.7 Å². The van der Waals surface area contributed by atoms with Crippen molar-refractivity contribution in [2.75, 3.05) is 25.5 Å².